The largest absolute Gasteiger partial charge is 0.396 e. The van der Waals surface area contributed by atoms with Crippen LogP contribution in [0.15, 0.2) is 0 Å². The van der Waals surface area contributed by atoms with Crippen LogP contribution in [0.25, 0.3) is 0 Å². The number of unbranched alkanes of at least 4 members (excludes halogenated alkanes) is 8. The first-order valence-corrected chi connectivity index (χ1v) is 7.21. The van der Waals surface area contributed by atoms with Crippen LogP contribution in [-0.2, 0) is 0 Å². The lowest BCUT2D eigenvalue weighted by atomic mass is 10.0. The second-order valence-corrected chi connectivity index (χ2v) is 4.86. The third kappa shape index (κ3) is 13.8. The van der Waals surface area contributed by atoms with Crippen molar-refractivity contribution in [3.05, 3.63) is 0 Å². The Morgan fingerprint density at radius 2 is 1.00 bits per heavy atom. The highest BCUT2D eigenvalue weighted by Crippen LogP contribution is 2.12. The van der Waals surface area contributed by atoms with Crippen LogP contribution < -0.4 is 0 Å². The fourth-order valence-electron chi connectivity index (χ4n) is 2.02. The van der Waals surface area contributed by atoms with Crippen molar-refractivity contribution >= 4 is 0 Å². The second kappa shape index (κ2) is 13.9. The summed E-state index contributed by atoms with van der Waals surface area (Å²) < 4.78 is 0. The van der Waals surface area contributed by atoms with E-state index in [-0.39, 0.29) is 12.7 Å². The average molecular weight is 246 g/mol. The molecule has 0 aliphatic rings. The van der Waals surface area contributed by atoms with Gasteiger partial charge in [0.15, 0.2) is 0 Å². The molecule has 0 aromatic carbocycles. The topological polar surface area (TPSA) is 60.7 Å². The molecule has 0 aromatic heterocycles. The van der Waals surface area contributed by atoms with Crippen molar-refractivity contribution in [2.24, 2.45) is 0 Å². The first kappa shape index (κ1) is 16.9. The number of aliphatic hydroxyl groups is 3. The van der Waals surface area contributed by atoms with Gasteiger partial charge in [0.2, 0.25) is 0 Å². The van der Waals surface area contributed by atoms with Gasteiger partial charge in [0, 0.05) is 13.2 Å². The molecule has 0 saturated heterocycles. The summed E-state index contributed by atoms with van der Waals surface area (Å²) in [6.07, 6.45) is 11.8. The molecule has 0 aliphatic heterocycles. The number of rotatable bonds is 13. The Bertz CT molecular complexity index is 139. The molecule has 0 rings (SSSR count). The Hall–Kier alpha value is -0.120. The Morgan fingerprint density at radius 1 is 0.529 bits per heavy atom. The van der Waals surface area contributed by atoms with E-state index in [9.17, 15) is 5.11 Å². The summed E-state index contributed by atoms with van der Waals surface area (Å²) in [5, 5.41) is 26.6. The molecule has 3 heteroatoms. The molecular formula is C14H30O3. The van der Waals surface area contributed by atoms with Crippen molar-refractivity contribution in [1.82, 2.24) is 0 Å². The lowest BCUT2D eigenvalue weighted by Crippen LogP contribution is -2.08. The van der Waals surface area contributed by atoms with Gasteiger partial charge >= 0.3 is 0 Å². The molecule has 0 heterocycles. The van der Waals surface area contributed by atoms with Gasteiger partial charge in [0.25, 0.3) is 0 Å². The summed E-state index contributed by atoms with van der Waals surface area (Å²) in [4.78, 5) is 0. The summed E-state index contributed by atoms with van der Waals surface area (Å²) in [7, 11) is 0. The van der Waals surface area contributed by atoms with E-state index in [0.717, 1.165) is 25.7 Å². The molecule has 3 nitrogen and oxygen atoms in total. The van der Waals surface area contributed by atoms with Crippen LogP contribution in [0.2, 0.25) is 0 Å². The van der Waals surface area contributed by atoms with Crippen LogP contribution in [-0.4, -0.2) is 34.6 Å². The van der Waals surface area contributed by atoms with Crippen LogP contribution in [0.5, 0.6) is 0 Å². The van der Waals surface area contributed by atoms with Crippen LogP contribution >= 0.6 is 0 Å². The normalized spacial score (nSPS) is 12.9. The van der Waals surface area contributed by atoms with Gasteiger partial charge in [-0.05, 0) is 19.3 Å². The molecule has 0 aromatic rings. The van der Waals surface area contributed by atoms with E-state index in [1.165, 1.54) is 38.5 Å². The van der Waals surface area contributed by atoms with E-state index in [0.29, 0.717) is 13.0 Å². The summed E-state index contributed by atoms with van der Waals surface area (Å²) in [6.45, 7) is 0.422. The van der Waals surface area contributed by atoms with Crippen molar-refractivity contribution in [2.75, 3.05) is 13.2 Å². The monoisotopic (exact) mass is 246 g/mol. The first-order valence-electron chi connectivity index (χ1n) is 7.21. The Kier molecular flexibility index (Phi) is 13.8. The lowest BCUT2D eigenvalue weighted by molar-refractivity contribution is 0.122. The summed E-state index contributed by atoms with van der Waals surface area (Å²) >= 11 is 0. The van der Waals surface area contributed by atoms with E-state index in [4.69, 9.17) is 10.2 Å². The molecule has 0 radical (unpaired) electrons. The quantitative estimate of drug-likeness (QED) is 0.438. The summed E-state index contributed by atoms with van der Waals surface area (Å²) in [5.41, 5.74) is 0. The highest BCUT2D eigenvalue weighted by molar-refractivity contribution is 4.55. The second-order valence-electron chi connectivity index (χ2n) is 4.86. The van der Waals surface area contributed by atoms with E-state index in [2.05, 4.69) is 0 Å². The fraction of sp³-hybridized carbons (Fsp3) is 1.00. The van der Waals surface area contributed by atoms with Crippen molar-refractivity contribution in [1.29, 1.82) is 0 Å². The van der Waals surface area contributed by atoms with Crippen molar-refractivity contribution in [3.8, 4) is 0 Å². The number of aliphatic hydroxyl groups excluding tert-OH is 3. The van der Waals surface area contributed by atoms with Gasteiger partial charge < -0.3 is 15.3 Å². The molecule has 0 saturated carbocycles. The Morgan fingerprint density at radius 3 is 1.47 bits per heavy atom. The van der Waals surface area contributed by atoms with Crippen LogP contribution in [0.4, 0.5) is 0 Å². The minimum absolute atomic E-state index is 0.0923. The van der Waals surface area contributed by atoms with E-state index >= 15 is 0 Å². The lowest BCUT2D eigenvalue weighted by Gasteiger charge is -2.08. The number of hydrogen-bond donors (Lipinski definition) is 3. The van der Waals surface area contributed by atoms with Crippen LogP contribution in [0.1, 0.15) is 70.6 Å². The molecule has 3 N–H and O–H groups in total. The van der Waals surface area contributed by atoms with Crippen LogP contribution in [0.3, 0.4) is 0 Å². The zero-order valence-electron chi connectivity index (χ0n) is 11.1. The zero-order valence-corrected chi connectivity index (χ0v) is 11.1. The van der Waals surface area contributed by atoms with Gasteiger partial charge in [-0.1, -0.05) is 51.4 Å². The molecule has 0 spiro atoms. The molecule has 104 valence electrons. The number of hydrogen-bond acceptors (Lipinski definition) is 3. The third-order valence-electron chi connectivity index (χ3n) is 3.16. The highest BCUT2D eigenvalue weighted by atomic mass is 16.3. The van der Waals surface area contributed by atoms with E-state index in [1.54, 1.807) is 0 Å². The van der Waals surface area contributed by atoms with Crippen molar-refractivity contribution in [3.63, 3.8) is 0 Å². The van der Waals surface area contributed by atoms with E-state index < -0.39 is 0 Å². The van der Waals surface area contributed by atoms with Gasteiger partial charge in [-0.25, -0.2) is 0 Å². The van der Waals surface area contributed by atoms with Gasteiger partial charge in [-0.2, -0.15) is 0 Å². The maximum atomic E-state index is 9.39. The maximum Gasteiger partial charge on any atom is 0.0562 e. The van der Waals surface area contributed by atoms with Crippen molar-refractivity contribution in [2.45, 2.75) is 76.7 Å². The molecule has 0 aliphatic carbocycles. The minimum Gasteiger partial charge on any atom is -0.396 e. The average Bonchev–Trinajstić information content (AvgIpc) is 2.32. The van der Waals surface area contributed by atoms with Crippen molar-refractivity contribution < 1.29 is 15.3 Å². The summed E-state index contributed by atoms with van der Waals surface area (Å²) in [5.74, 6) is 0. The maximum absolute atomic E-state index is 9.39. The summed E-state index contributed by atoms with van der Waals surface area (Å²) in [6, 6.07) is 0. The molecule has 0 fully saturated rings. The first-order chi connectivity index (χ1) is 8.31. The molecule has 0 bridgehead atoms. The molecule has 1 unspecified atom stereocenters. The van der Waals surface area contributed by atoms with E-state index in [1.807, 2.05) is 0 Å². The molecule has 17 heavy (non-hydrogen) atoms. The third-order valence-corrected chi connectivity index (χ3v) is 3.16. The minimum atomic E-state index is -0.307. The van der Waals surface area contributed by atoms with Gasteiger partial charge in [0.05, 0.1) is 6.10 Å². The SMILES string of the molecule is OCCCCCCCCCCCC(O)CCO. The predicted molar refractivity (Wildman–Crippen MR) is 71.0 cm³/mol. The predicted octanol–water partition coefficient (Wildman–Crippen LogP) is 2.62. The zero-order chi connectivity index (χ0) is 12.8. The van der Waals surface area contributed by atoms with Crippen LogP contribution in [0, 0.1) is 0 Å². The van der Waals surface area contributed by atoms with Gasteiger partial charge in [0.1, 0.15) is 0 Å². The Labute approximate surface area is 106 Å². The highest BCUT2D eigenvalue weighted by Gasteiger charge is 2.01. The molecular weight excluding hydrogens is 216 g/mol. The standard InChI is InChI=1S/C14H30O3/c15-12-9-7-5-3-1-2-4-6-8-10-14(17)11-13-16/h14-17H,1-13H2. The molecule has 1 atom stereocenters. The van der Waals surface area contributed by atoms with Gasteiger partial charge in [-0.15, -0.1) is 0 Å². The fourth-order valence-corrected chi connectivity index (χ4v) is 2.02. The Balaban J connectivity index is 2.98. The van der Waals surface area contributed by atoms with Gasteiger partial charge in [-0.3, -0.25) is 0 Å². The smallest absolute Gasteiger partial charge is 0.0562 e. The molecule has 0 amide bonds.